The number of nitrogens with one attached hydrogen (secondary N) is 1. The van der Waals surface area contributed by atoms with E-state index in [9.17, 15) is 19.8 Å². The second kappa shape index (κ2) is 54.9. The molecule has 0 rings (SSSR count). The molecule has 0 radical (unpaired) electrons. The van der Waals surface area contributed by atoms with Crippen molar-refractivity contribution in [3.05, 3.63) is 24.3 Å². The van der Waals surface area contributed by atoms with Crippen molar-refractivity contribution < 1.29 is 24.5 Å². The summed E-state index contributed by atoms with van der Waals surface area (Å²) in [6, 6.07) is -0.544. The van der Waals surface area contributed by atoms with Gasteiger partial charge in [-0.1, -0.05) is 269 Å². The molecule has 6 heteroatoms. The fourth-order valence-electron chi connectivity index (χ4n) is 9.02. The third kappa shape index (κ3) is 51.6. The van der Waals surface area contributed by atoms with Crippen molar-refractivity contribution in [1.82, 2.24) is 5.32 Å². The average Bonchev–Trinajstić information content (AvgIpc) is 3.31. The summed E-state index contributed by atoms with van der Waals surface area (Å²) >= 11 is 0. The summed E-state index contributed by atoms with van der Waals surface area (Å²) in [6.45, 7) is 4.92. The van der Waals surface area contributed by atoms with Crippen LogP contribution in [0.4, 0.5) is 0 Å². The predicted octanol–water partition coefficient (Wildman–Crippen LogP) is 17.9. The van der Waals surface area contributed by atoms with E-state index >= 15 is 0 Å². The Hall–Kier alpha value is -1.66. The largest absolute Gasteiger partial charge is 0.466 e. The molecule has 0 aromatic carbocycles. The van der Waals surface area contributed by atoms with E-state index in [2.05, 4.69) is 43.5 Å². The van der Waals surface area contributed by atoms with E-state index in [1.807, 2.05) is 0 Å². The molecule has 0 saturated heterocycles. The van der Waals surface area contributed by atoms with Crippen molar-refractivity contribution in [2.24, 2.45) is 0 Å². The molecule has 0 bridgehead atoms. The maximum absolute atomic E-state index is 12.5. The Kier molecular flexibility index (Phi) is 53.5. The summed E-state index contributed by atoms with van der Waals surface area (Å²) in [5.41, 5.74) is 0. The van der Waals surface area contributed by atoms with E-state index in [1.165, 1.54) is 231 Å². The quantitative estimate of drug-likeness (QED) is 0.0321. The first-order valence-corrected chi connectivity index (χ1v) is 29.1. The number of unbranched alkanes of at least 4 members (excludes halogenated alkanes) is 39. The van der Waals surface area contributed by atoms with Crippen LogP contribution in [0.5, 0.6) is 0 Å². The zero-order chi connectivity index (χ0) is 47.2. The molecule has 0 spiro atoms. The van der Waals surface area contributed by atoms with Crippen molar-refractivity contribution in [2.75, 3.05) is 13.2 Å². The Morgan fingerprint density at radius 2 is 0.769 bits per heavy atom. The highest BCUT2D eigenvalue weighted by molar-refractivity contribution is 5.76. The first-order chi connectivity index (χ1) is 32.0. The Balaban J connectivity index is 3.39. The van der Waals surface area contributed by atoms with Gasteiger partial charge in [0.15, 0.2) is 0 Å². The van der Waals surface area contributed by atoms with Gasteiger partial charge in [-0.15, -0.1) is 0 Å². The highest BCUT2D eigenvalue weighted by atomic mass is 16.5. The number of hydrogen-bond acceptors (Lipinski definition) is 5. The molecule has 0 aromatic rings. The van der Waals surface area contributed by atoms with Gasteiger partial charge in [-0.2, -0.15) is 0 Å². The van der Waals surface area contributed by atoms with Crippen molar-refractivity contribution in [3.8, 4) is 0 Å². The van der Waals surface area contributed by atoms with Crippen LogP contribution in [0.2, 0.25) is 0 Å². The van der Waals surface area contributed by atoms with Crippen molar-refractivity contribution >= 4 is 11.9 Å². The van der Waals surface area contributed by atoms with Crippen LogP contribution in [0.25, 0.3) is 0 Å². The van der Waals surface area contributed by atoms with E-state index in [0.717, 1.165) is 51.4 Å². The molecule has 0 fully saturated rings. The second-order valence-electron chi connectivity index (χ2n) is 20.0. The molecule has 1 amide bonds. The molecule has 0 aliphatic carbocycles. The number of allylic oxidation sites excluding steroid dienone is 4. The third-order valence-electron chi connectivity index (χ3n) is 13.5. The zero-order valence-electron chi connectivity index (χ0n) is 43.7. The summed E-state index contributed by atoms with van der Waals surface area (Å²) in [6.07, 6.45) is 65.9. The topological polar surface area (TPSA) is 95.9 Å². The van der Waals surface area contributed by atoms with Crippen molar-refractivity contribution in [1.29, 1.82) is 0 Å². The molecule has 384 valence electrons. The maximum atomic E-state index is 12.5. The summed E-state index contributed by atoms with van der Waals surface area (Å²) < 4.78 is 5.48. The summed E-state index contributed by atoms with van der Waals surface area (Å²) in [4.78, 5) is 24.5. The fraction of sp³-hybridized carbons (Fsp3) is 0.898. The molecule has 0 aliphatic heterocycles. The number of ether oxygens (including phenoxy) is 1. The van der Waals surface area contributed by atoms with Crippen LogP contribution >= 0.6 is 0 Å². The zero-order valence-corrected chi connectivity index (χ0v) is 43.7. The van der Waals surface area contributed by atoms with Gasteiger partial charge in [0, 0.05) is 12.8 Å². The highest BCUT2D eigenvalue weighted by Crippen LogP contribution is 2.17. The molecule has 0 heterocycles. The number of hydrogen-bond donors (Lipinski definition) is 3. The average molecular weight is 917 g/mol. The van der Waals surface area contributed by atoms with Crippen LogP contribution < -0.4 is 5.32 Å². The Labute approximate surface area is 405 Å². The number of esters is 1. The van der Waals surface area contributed by atoms with Gasteiger partial charge in [0.1, 0.15) is 0 Å². The van der Waals surface area contributed by atoms with Crippen LogP contribution in [0, 0.1) is 0 Å². The van der Waals surface area contributed by atoms with Crippen LogP contribution in [-0.2, 0) is 14.3 Å². The molecule has 3 N–H and O–H groups in total. The van der Waals surface area contributed by atoms with Gasteiger partial charge in [-0.25, -0.2) is 0 Å². The lowest BCUT2D eigenvalue weighted by atomic mass is 10.0. The molecule has 0 aromatic heterocycles. The van der Waals surface area contributed by atoms with Gasteiger partial charge in [0.05, 0.1) is 25.4 Å². The molecule has 6 nitrogen and oxygen atoms in total. The highest BCUT2D eigenvalue weighted by Gasteiger charge is 2.20. The Bertz CT molecular complexity index is 1010. The monoisotopic (exact) mass is 916 g/mol. The number of carbonyl (C=O) groups is 2. The van der Waals surface area contributed by atoms with E-state index in [-0.39, 0.29) is 18.5 Å². The number of aliphatic hydroxyl groups is 2. The smallest absolute Gasteiger partial charge is 0.305 e. The minimum atomic E-state index is -0.666. The second-order valence-corrected chi connectivity index (χ2v) is 20.0. The van der Waals surface area contributed by atoms with Crippen LogP contribution in [0.15, 0.2) is 24.3 Å². The molecule has 0 aliphatic rings. The third-order valence-corrected chi connectivity index (χ3v) is 13.5. The molecular formula is C59H113NO5. The fourth-order valence-corrected chi connectivity index (χ4v) is 9.02. The van der Waals surface area contributed by atoms with E-state index < -0.39 is 12.1 Å². The van der Waals surface area contributed by atoms with Gasteiger partial charge < -0.3 is 20.3 Å². The number of carbonyl (C=O) groups excluding carboxylic acids is 2. The minimum absolute atomic E-state index is 0.000197. The lowest BCUT2D eigenvalue weighted by molar-refractivity contribution is -0.143. The first-order valence-electron chi connectivity index (χ1n) is 29.1. The van der Waals surface area contributed by atoms with Crippen LogP contribution in [0.1, 0.15) is 316 Å². The van der Waals surface area contributed by atoms with Crippen molar-refractivity contribution in [2.45, 2.75) is 328 Å². The molecule has 2 unspecified atom stereocenters. The SMILES string of the molecule is CCCCC/C=C\C/C=C\CCCCCCCCCC(=O)OCCCCCCCCCCCCCCCCCCCCC(=O)NC(CO)C(O)CCCCCCCCCCCCCCC. The molecule has 65 heavy (non-hydrogen) atoms. The Morgan fingerprint density at radius 3 is 1.20 bits per heavy atom. The van der Waals surface area contributed by atoms with Gasteiger partial charge in [-0.3, -0.25) is 9.59 Å². The number of aliphatic hydroxyl groups excluding tert-OH is 2. The van der Waals surface area contributed by atoms with Gasteiger partial charge in [-0.05, 0) is 57.8 Å². The minimum Gasteiger partial charge on any atom is -0.466 e. The lowest BCUT2D eigenvalue weighted by Gasteiger charge is -2.22. The summed E-state index contributed by atoms with van der Waals surface area (Å²) in [5.74, 6) is -0.0387. The summed E-state index contributed by atoms with van der Waals surface area (Å²) in [7, 11) is 0. The van der Waals surface area contributed by atoms with E-state index in [0.29, 0.717) is 25.9 Å². The first kappa shape index (κ1) is 63.3. The van der Waals surface area contributed by atoms with E-state index in [1.54, 1.807) is 0 Å². The van der Waals surface area contributed by atoms with Gasteiger partial charge in [0.25, 0.3) is 0 Å². The van der Waals surface area contributed by atoms with Crippen LogP contribution in [0.3, 0.4) is 0 Å². The Morgan fingerprint density at radius 1 is 0.431 bits per heavy atom. The van der Waals surface area contributed by atoms with Crippen LogP contribution in [-0.4, -0.2) is 47.4 Å². The van der Waals surface area contributed by atoms with Crippen molar-refractivity contribution in [3.63, 3.8) is 0 Å². The molecule has 0 saturated carbocycles. The van der Waals surface area contributed by atoms with Gasteiger partial charge >= 0.3 is 5.97 Å². The van der Waals surface area contributed by atoms with Gasteiger partial charge in [0.2, 0.25) is 5.91 Å². The molecule has 2 atom stereocenters. The lowest BCUT2D eigenvalue weighted by Crippen LogP contribution is -2.45. The van der Waals surface area contributed by atoms with E-state index in [4.69, 9.17) is 4.74 Å². The predicted molar refractivity (Wildman–Crippen MR) is 283 cm³/mol. The maximum Gasteiger partial charge on any atom is 0.305 e. The molecular weight excluding hydrogens is 803 g/mol. The summed E-state index contributed by atoms with van der Waals surface area (Å²) in [5, 5.41) is 23.2. The standard InChI is InChI=1S/C59H113NO5/c1-3-5-7-9-11-13-15-17-18-21-25-29-33-37-41-45-49-53-59(64)65-54-50-46-42-38-34-30-26-23-20-19-22-24-28-32-36-40-44-48-52-58(63)60-56(55-61)57(62)51-47-43-39-35-31-27-16-14-12-10-8-6-4-2/h11,13,17-18,56-57,61-62H,3-10,12,14-16,19-55H2,1-2H3,(H,60,63)/b13-11-,18-17-. The number of rotatable bonds is 54. The number of amides is 1. The normalized spacial score (nSPS) is 12.7.